The van der Waals surface area contributed by atoms with Crippen LogP contribution in [0.3, 0.4) is 0 Å². The quantitative estimate of drug-likeness (QED) is 0.673. The summed E-state index contributed by atoms with van der Waals surface area (Å²) in [6.07, 6.45) is 2.31. The van der Waals surface area contributed by atoms with Gasteiger partial charge in [0.2, 0.25) is 0 Å². The molecule has 1 aliphatic heterocycles. The van der Waals surface area contributed by atoms with Crippen molar-refractivity contribution in [1.82, 2.24) is 4.90 Å². The Labute approximate surface area is 109 Å². The molecular weight excluding hydrogens is 285 g/mol. The van der Waals surface area contributed by atoms with Crippen molar-refractivity contribution < 1.29 is 4.39 Å². The Kier molecular flexibility index (Phi) is 3.99. The van der Waals surface area contributed by atoms with Crippen LogP contribution in [0.2, 0.25) is 0 Å². The summed E-state index contributed by atoms with van der Waals surface area (Å²) in [5.41, 5.74) is 6.41. The van der Waals surface area contributed by atoms with Crippen molar-refractivity contribution in [3.05, 3.63) is 34.1 Å². The lowest BCUT2D eigenvalue weighted by molar-refractivity contribution is 0.509. The third-order valence-electron chi connectivity index (χ3n) is 2.85. The minimum atomic E-state index is -0.244. The van der Waals surface area contributed by atoms with Gasteiger partial charge in [-0.2, -0.15) is 0 Å². The van der Waals surface area contributed by atoms with Gasteiger partial charge in [-0.1, -0.05) is 15.9 Å². The van der Waals surface area contributed by atoms with Crippen molar-refractivity contribution in [2.45, 2.75) is 19.4 Å². The van der Waals surface area contributed by atoms with Crippen molar-refractivity contribution in [3.63, 3.8) is 0 Å². The second-order valence-corrected chi connectivity index (χ2v) is 5.02. The average Bonchev–Trinajstić information content (AvgIpc) is 2.83. The smallest absolute Gasteiger partial charge is 0.191 e. The maximum atomic E-state index is 13.5. The van der Waals surface area contributed by atoms with Gasteiger partial charge >= 0.3 is 0 Å². The average molecular weight is 300 g/mol. The molecule has 1 aliphatic rings. The van der Waals surface area contributed by atoms with E-state index in [1.807, 2.05) is 4.90 Å². The fourth-order valence-corrected chi connectivity index (χ4v) is 2.29. The number of nitrogens with zero attached hydrogens (tertiary/aromatic N) is 2. The molecule has 1 fully saturated rings. The van der Waals surface area contributed by atoms with E-state index in [0.717, 1.165) is 30.4 Å². The van der Waals surface area contributed by atoms with Crippen molar-refractivity contribution in [1.29, 1.82) is 0 Å². The van der Waals surface area contributed by atoms with Crippen molar-refractivity contribution in [2.75, 3.05) is 13.1 Å². The van der Waals surface area contributed by atoms with Gasteiger partial charge in [0.05, 0.1) is 6.54 Å². The molecule has 0 aromatic heterocycles. The highest BCUT2D eigenvalue weighted by Crippen LogP contribution is 2.16. The number of hydrogen-bond donors (Lipinski definition) is 1. The molecule has 0 saturated carbocycles. The predicted octanol–water partition coefficient (Wildman–Crippen LogP) is 2.50. The summed E-state index contributed by atoms with van der Waals surface area (Å²) in [6, 6.07) is 4.84. The van der Waals surface area contributed by atoms with Gasteiger partial charge in [0.15, 0.2) is 5.96 Å². The van der Waals surface area contributed by atoms with E-state index in [1.54, 1.807) is 12.1 Å². The van der Waals surface area contributed by atoms with Crippen LogP contribution in [0.5, 0.6) is 0 Å². The molecule has 17 heavy (non-hydrogen) atoms. The molecule has 1 saturated heterocycles. The molecule has 1 aromatic carbocycles. The number of halogens is 2. The number of likely N-dealkylation sites (tertiary alicyclic amines) is 1. The Morgan fingerprint density at radius 3 is 2.82 bits per heavy atom. The predicted molar refractivity (Wildman–Crippen MR) is 70.2 cm³/mol. The SMILES string of the molecule is NC(=NCc1cc(Br)ccc1F)N1CCCC1. The Morgan fingerprint density at radius 2 is 2.12 bits per heavy atom. The number of aliphatic imine (C=N–C) groups is 1. The number of guanidine groups is 1. The first-order valence-corrected chi connectivity index (χ1v) is 6.45. The number of rotatable bonds is 2. The summed E-state index contributed by atoms with van der Waals surface area (Å²) >= 11 is 3.31. The van der Waals surface area contributed by atoms with Crippen LogP contribution < -0.4 is 5.73 Å². The van der Waals surface area contributed by atoms with Gasteiger partial charge in [-0.3, -0.25) is 0 Å². The standard InChI is InChI=1S/C12H15BrFN3/c13-10-3-4-11(14)9(7-10)8-16-12(15)17-5-1-2-6-17/h3-4,7H,1-2,5-6,8H2,(H2,15,16). The molecule has 3 nitrogen and oxygen atoms in total. The Balaban J connectivity index is 2.05. The maximum absolute atomic E-state index is 13.5. The van der Waals surface area contributed by atoms with Gasteiger partial charge in [0.1, 0.15) is 5.82 Å². The fourth-order valence-electron chi connectivity index (χ4n) is 1.88. The molecule has 2 rings (SSSR count). The van der Waals surface area contributed by atoms with Crippen LogP contribution in [0, 0.1) is 5.82 Å². The van der Waals surface area contributed by atoms with Crippen LogP contribution in [-0.2, 0) is 6.54 Å². The fraction of sp³-hybridized carbons (Fsp3) is 0.417. The lowest BCUT2D eigenvalue weighted by Gasteiger charge is -2.15. The minimum Gasteiger partial charge on any atom is -0.370 e. The van der Waals surface area contributed by atoms with E-state index in [4.69, 9.17) is 5.73 Å². The molecule has 1 aromatic rings. The van der Waals surface area contributed by atoms with Crippen LogP contribution >= 0.6 is 15.9 Å². The number of benzene rings is 1. The van der Waals surface area contributed by atoms with Crippen molar-refractivity contribution in [3.8, 4) is 0 Å². The molecule has 0 atom stereocenters. The molecule has 0 aliphatic carbocycles. The zero-order chi connectivity index (χ0) is 12.3. The molecule has 5 heteroatoms. The van der Waals surface area contributed by atoms with Gasteiger partial charge in [-0.15, -0.1) is 0 Å². The zero-order valence-corrected chi connectivity index (χ0v) is 11.1. The molecule has 0 unspecified atom stereocenters. The molecule has 0 bridgehead atoms. The van der Waals surface area contributed by atoms with Crippen LogP contribution in [0.1, 0.15) is 18.4 Å². The number of nitrogens with two attached hydrogens (primary N) is 1. The molecule has 92 valence electrons. The summed E-state index contributed by atoms with van der Waals surface area (Å²) in [6.45, 7) is 2.19. The summed E-state index contributed by atoms with van der Waals surface area (Å²) < 4.78 is 14.3. The van der Waals surface area contributed by atoms with Crippen molar-refractivity contribution >= 4 is 21.9 Å². The van der Waals surface area contributed by atoms with Crippen LogP contribution in [0.15, 0.2) is 27.7 Å². The highest BCUT2D eigenvalue weighted by molar-refractivity contribution is 9.10. The lowest BCUT2D eigenvalue weighted by atomic mass is 10.2. The van der Waals surface area contributed by atoms with Gasteiger partial charge in [0.25, 0.3) is 0 Å². The summed E-state index contributed by atoms with van der Waals surface area (Å²) in [4.78, 5) is 6.28. The van der Waals surface area contributed by atoms with E-state index in [-0.39, 0.29) is 12.4 Å². The third kappa shape index (κ3) is 3.19. The van der Waals surface area contributed by atoms with Gasteiger partial charge in [-0.05, 0) is 31.0 Å². The maximum Gasteiger partial charge on any atom is 0.191 e. The second-order valence-electron chi connectivity index (χ2n) is 4.10. The first-order valence-electron chi connectivity index (χ1n) is 5.65. The van der Waals surface area contributed by atoms with E-state index in [9.17, 15) is 4.39 Å². The Bertz CT molecular complexity index is 428. The van der Waals surface area contributed by atoms with Crippen molar-refractivity contribution in [2.24, 2.45) is 10.7 Å². The second kappa shape index (κ2) is 5.49. The summed E-state index contributed by atoms with van der Waals surface area (Å²) in [5.74, 6) is 0.271. The number of hydrogen-bond acceptors (Lipinski definition) is 1. The molecule has 1 heterocycles. The van der Waals surface area contributed by atoms with E-state index in [0.29, 0.717) is 11.5 Å². The van der Waals surface area contributed by atoms with Gasteiger partial charge in [0, 0.05) is 23.1 Å². The van der Waals surface area contributed by atoms with Gasteiger partial charge < -0.3 is 10.6 Å². The topological polar surface area (TPSA) is 41.6 Å². The summed E-state index contributed by atoms with van der Waals surface area (Å²) in [5, 5.41) is 0. The molecule has 2 N–H and O–H groups in total. The van der Waals surface area contributed by atoms with E-state index >= 15 is 0 Å². The zero-order valence-electron chi connectivity index (χ0n) is 9.50. The highest BCUT2D eigenvalue weighted by atomic mass is 79.9. The Morgan fingerprint density at radius 1 is 1.41 bits per heavy atom. The van der Waals surface area contributed by atoms with Crippen LogP contribution in [0.25, 0.3) is 0 Å². The molecule has 0 amide bonds. The Hall–Kier alpha value is -1.10. The first kappa shape index (κ1) is 12.4. The molecule has 0 spiro atoms. The van der Waals surface area contributed by atoms with E-state index < -0.39 is 0 Å². The summed E-state index contributed by atoms with van der Waals surface area (Å²) in [7, 11) is 0. The van der Waals surface area contributed by atoms with Crippen LogP contribution in [-0.4, -0.2) is 23.9 Å². The minimum absolute atomic E-state index is 0.244. The van der Waals surface area contributed by atoms with Gasteiger partial charge in [-0.25, -0.2) is 9.38 Å². The molecular formula is C12H15BrFN3. The first-order chi connectivity index (χ1) is 8.16. The normalized spacial score (nSPS) is 16.6. The highest BCUT2D eigenvalue weighted by Gasteiger charge is 2.13. The van der Waals surface area contributed by atoms with E-state index in [1.165, 1.54) is 6.07 Å². The lowest BCUT2D eigenvalue weighted by Crippen LogP contribution is -2.34. The van der Waals surface area contributed by atoms with Crippen LogP contribution in [0.4, 0.5) is 4.39 Å². The molecule has 0 radical (unpaired) electrons. The third-order valence-corrected chi connectivity index (χ3v) is 3.34. The largest absolute Gasteiger partial charge is 0.370 e. The monoisotopic (exact) mass is 299 g/mol. The van der Waals surface area contributed by atoms with E-state index in [2.05, 4.69) is 20.9 Å².